The van der Waals surface area contributed by atoms with Crippen LogP contribution >= 0.6 is 0 Å². The highest BCUT2D eigenvalue weighted by molar-refractivity contribution is 6.53. The summed E-state index contributed by atoms with van der Waals surface area (Å²) in [6.45, 7) is 8.73. The molecule has 2 rings (SSSR count). The molecule has 1 fully saturated rings. The van der Waals surface area contributed by atoms with Crippen LogP contribution in [-0.4, -0.2) is 24.9 Å². The molecule has 0 saturated carbocycles. The zero-order chi connectivity index (χ0) is 11.1. The molecule has 0 bridgehead atoms. The third kappa shape index (κ3) is 1.84. The molecule has 0 amide bonds. The summed E-state index contributed by atoms with van der Waals surface area (Å²) >= 11 is 0. The quantitative estimate of drug-likeness (QED) is 0.617. The first kappa shape index (κ1) is 10.8. The van der Waals surface area contributed by atoms with E-state index in [9.17, 15) is 0 Å². The van der Waals surface area contributed by atoms with Crippen molar-refractivity contribution in [2.45, 2.75) is 38.9 Å². The van der Waals surface area contributed by atoms with Crippen molar-refractivity contribution in [1.29, 1.82) is 0 Å². The topological polar surface area (TPSA) is 27.7 Å². The van der Waals surface area contributed by atoms with Crippen LogP contribution in [0.1, 0.15) is 27.7 Å². The first-order valence-corrected chi connectivity index (χ1v) is 5.27. The molecule has 3 nitrogen and oxygen atoms in total. The van der Waals surface area contributed by atoms with Crippen LogP contribution in [0.2, 0.25) is 0 Å². The van der Waals surface area contributed by atoms with Gasteiger partial charge in [-0.3, -0.25) is 0 Å². The minimum absolute atomic E-state index is 0.303. The van der Waals surface area contributed by atoms with Gasteiger partial charge in [-0.15, -0.1) is 0 Å². The van der Waals surface area contributed by atoms with E-state index in [2.05, 4.69) is 0 Å². The Kier molecular flexibility index (Phi) is 2.43. The fraction of sp³-hybridized carbons (Fsp3) is 0.636. The molecule has 0 aromatic carbocycles. The second-order valence-corrected chi connectivity index (χ2v) is 4.90. The summed E-state index contributed by atoms with van der Waals surface area (Å²) in [5.74, 6) is 0. The van der Waals surface area contributed by atoms with Crippen molar-refractivity contribution in [2.75, 3.05) is 6.61 Å². The Labute approximate surface area is 91.2 Å². The monoisotopic (exact) mass is 208 g/mol. The van der Waals surface area contributed by atoms with Crippen molar-refractivity contribution >= 4 is 7.12 Å². The molecule has 2 aliphatic rings. The summed E-state index contributed by atoms with van der Waals surface area (Å²) in [4.78, 5) is 0. The van der Waals surface area contributed by atoms with Crippen molar-refractivity contribution in [2.24, 2.45) is 0 Å². The van der Waals surface area contributed by atoms with Gasteiger partial charge in [0.2, 0.25) is 0 Å². The summed E-state index contributed by atoms with van der Waals surface area (Å²) in [5, 5.41) is 0. The van der Waals surface area contributed by atoms with E-state index in [1.807, 2.05) is 45.9 Å². The molecule has 2 heterocycles. The lowest BCUT2D eigenvalue weighted by Gasteiger charge is -2.32. The van der Waals surface area contributed by atoms with E-state index < -0.39 is 0 Å². The van der Waals surface area contributed by atoms with Crippen LogP contribution in [0.25, 0.3) is 0 Å². The Balaban J connectivity index is 2.15. The Hall–Kier alpha value is -0.735. The van der Waals surface area contributed by atoms with E-state index >= 15 is 0 Å². The van der Waals surface area contributed by atoms with E-state index in [1.165, 1.54) is 0 Å². The molecule has 0 aromatic rings. The van der Waals surface area contributed by atoms with Crippen LogP contribution < -0.4 is 0 Å². The van der Waals surface area contributed by atoms with Crippen LogP contribution in [0, 0.1) is 0 Å². The van der Waals surface area contributed by atoms with Gasteiger partial charge in [0.15, 0.2) is 0 Å². The molecule has 0 unspecified atom stereocenters. The van der Waals surface area contributed by atoms with E-state index in [0.29, 0.717) is 6.61 Å². The number of ether oxygens (including phenoxy) is 1. The SMILES string of the molecule is CC1(C)OB(C2=CC=CCO2)OC1(C)C. The Morgan fingerprint density at radius 1 is 1.13 bits per heavy atom. The number of allylic oxidation sites excluding steroid dienone is 2. The zero-order valence-corrected chi connectivity index (χ0v) is 9.74. The Bertz CT molecular complexity index is 302. The molecule has 15 heavy (non-hydrogen) atoms. The molecule has 0 aliphatic carbocycles. The third-order valence-electron chi connectivity index (χ3n) is 3.23. The standard InChI is InChI=1S/C11H17BO3/c1-10(2)11(3,4)15-12(14-10)9-7-5-6-8-13-9/h5-7H,8H2,1-4H3. The van der Waals surface area contributed by atoms with Gasteiger partial charge >= 0.3 is 7.12 Å². The minimum atomic E-state index is -0.375. The Morgan fingerprint density at radius 2 is 1.73 bits per heavy atom. The van der Waals surface area contributed by atoms with Gasteiger partial charge in [-0.05, 0) is 39.8 Å². The summed E-state index contributed by atoms with van der Waals surface area (Å²) in [6, 6.07) is 0. The highest BCUT2D eigenvalue weighted by atomic mass is 16.7. The molecule has 2 aliphatic heterocycles. The van der Waals surface area contributed by atoms with Gasteiger partial charge in [-0.2, -0.15) is 0 Å². The minimum Gasteiger partial charge on any atom is -0.497 e. The lowest BCUT2D eigenvalue weighted by molar-refractivity contribution is 0.00578. The predicted octanol–water partition coefficient (Wildman–Crippen LogP) is 2.09. The summed E-state index contributed by atoms with van der Waals surface area (Å²) in [6.07, 6.45) is 5.81. The lowest BCUT2D eigenvalue weighted by Crippen LogP contribution is -2.41. The maximum absolute atomic E-state index is 5.85. The normalized spacial score (nSPS) is 27.5. The molecular formula is C11H17BO3. The van der Waals surface area contributed by atoms with Crippen molar-refractivity contribution in [3.05, 3.63) is 23.9 Å². The van der Waals surface area contributed by atoms with Gasteiger partial charge in [0.25, 0.3) is 0 Å². The molecule has 1 saturated heterocycles. The average molecular weight is 208 g/mol. The maximum Gasteiger partial charge on any atom is 0.532 e. The summed E-state index contributed by atoms with van der Waals surface area (Å²) in [5.41, 5.74) is 0.155. The van der Waals surface area contributed by atoms with Gasteiger partial charge < -0.3 is 14.0 Å². The molecule has 0 radical (unpaired) electrons. The first-order chi connectivity index (χ1) is 6.92. The summed E-state index contributed by atoms with van der Waals surface area (Å²) < 4.78 is 17.2. The number of rotatable bonds is 1. The molecule has 0 N–H and O–H groups in total. The van der Waals surface area contributed by atoms with Gasteiger partial charge in [0, 0.05) is 0 Å². The van der Waals surface area contributed by atoms with Gasteiger partial charge in [-0.1, -0.05) is 6.08 Å². The van der Waals surface area contributed by atoms with E-state index in [1.54, 1.807) is 0 Å². The van der Waals surface area contributed by atoms with Crippen LogP contribution in [0.3, 0.4) is 0 Å². The molecule has 0 atom stereocenters. The van der Waals surface area contributed by atoms with Gasteiger partial charge in [-0.25, -0.2) is 0 Å². The number of hydrogen-bond donors (Lipinski definition) is 0. The first-order valence-electron chi connectivity index (χ1n) is 5.27. The third-order valence-corrected chi connectivity index (χ3v) is 3.23. The van der Waals surface area contributed by atoms with Crippen molar-refractivity contribution in [3.63, 3.8) is 0 Å². The molecular weight excluding hydrogens is 191 g/mol. The van der Waals surface area contributed by atoms with Crippen LogP contribution in [-0.2, 0) is 14.0 Å². The van der Waals surface area contributed by atoms with Crippen LogP contribution in [0.5, 0.6) is 0 Å². The summed E-state index contributed by atoms with van der Waals surface area (Å²) in [7, 11) is -0.375. The van der Waals surface area contributed by atoms with E-state index in [4.69, 9.17) is 14.0 Å². The van der Waals surface area contributed by atoms with Crippen molar-refractivity contribution in [3.8, 4) is 0 Å². The van der Waals surface area contributed by atoms with E-state index in [-0.39, 0.29) is 18.3 Å². The Morgan fingerprint density at radius 3 is 2.20 bits per heavy atom. The molecule has 82 valence electrons. The number of hydrogen-bond acceptors (Lipinski definition) is 3. The lowest BCUT2D eigenvalue weighted by atomic mass is 9.86. The fourth-order valence-corrected chi connectivity index (χ4v) is 1.52. The highest BCUT2D eigenvalue weighted by Crippen LogP contribution is 2.38. The highest BCUT2D eigenvalue weighted by Gasteiger charge is 2.53. The molecule has 0 spiro atoms. The zero-order valence-electron chi connectivity index (χ0n) is 9.74. The predicted molar refractivity (Wildman–Crippen MR) is 59.3 cm³/mol. The van der Waals surface area contributed by atoms with E-state index in [0.717, 1.165) is 5.66 Å². The smallest absolute Gasteiger partial charge is 0.497 e. The second kappa shape index (κ2) is 3.39. The average Bonchev–Trinajstić information content (AvgIpc) is 2.38. The van der Waals surface area contributed by atoms with Crippen LogP contribution in [0.4, 0.5) is 0 Å². The van der Waals surface area contributed by atoms with Crippen molar-refractivity contribution in [1.82, 2.24) is 0 Å². The van der Waals surface area contributed by atoms with Gasteiger partial charge in [0.1, 0.15) is 12.3 Å². The molecule has 0 aromatic heterocycles. The van der Waals surface area contributed by atoms with Crippen molar-refractivity contribution < 1.29 is 14.0 Å². The van der Waals surface area contributed by atoms with Gasteiger partial charge in [0.05, 0.1) is 11.2 Å². The maximum atomic E-state index is 5.85. The second-order valence-electron chi connectivity index (χ2n) is 4.90. The molecule has 4 heteroatoms. The fourth-order valence-electron chi connectivity index (χ4n) is 1.52. The van der Waals surface area contributed by atoms with Crippen LogP contribution in [0.15, 0.2) is 23.9 Å². The largest absolute Gasteiger partial charge is 0.532 e.